The highest BCUT2D eigenvalue weighted by atomic mass is 35.5. The van der Waals surface area contributed by atoms with E-state index in [2.05, 4.69) is 78.9 Å². The van der Waals surface area contributed by atoms with Crippen LogP contribution in [0.25, 0.3) is 22.3 Å². The lowest BCUT2D eigenvalue weighted by atomic mass is 9.98. The van der Waals surface area contributed by atoms with Gasteiger partial charge in [0.15, 0.2) is 0 Å². The van der Waals surface area contributed by atoms with Crippen molar-refractivity contribution in [3.63, 3.8) is 0 Å². The number of rotatable bonds is 8. The normalized spacial score (nSPS) is 10.5. The first-order chi connectivity index (χ1) is 13.3. The summed E-state index contributed by atoms with van der Waals surface area (Å²) in [5.74, 6) is 0.712. The Bertz CT molecular complexity index is 872. The van der Waals surface area contributed by atoms with E-state index in [1.54, 1.807) is 0 Å². The molecule has 0 aliphatic heterocycles. The van der Waals surface area contributed by atoms with Gasteiger partial charge in [0.05, 0.1) is 6.07 Å². The quantitative estimate of drug-likeness (QED) is 0.307. The highest BCUT2D eigenvalue weighted by Gasteiger charge is 2.02. The van der Waals surface area contributed by atoms with Crippen LogP contribution in [0.15, 0.2) is 72.8 Å². The van der Waals surface area contributed by atoms with Gasteiger partial charge in [-0.25, -0.2) is 0 Å². The van der Waals surface area contributed by atoms with Crippen LogP contribution in [0.3, 0.4) is 0 Å². The zero-order chi connectivity index (χ0) is 18.9. The molecule has 3 rings (SSSR count). The highest BCUT2D eigenvalue weighted by Crippen LogP contribution is 2.26. The standard InChI is InChI=1S/C25H24ClN/c26-18-3-5-21-8-12-23(13-9-21)25-16-14-24(15-17-25)22-10-6-20(7-11-22)4-1-2-19-27/h6-17H,1-5,18H2. The Kier molecular flexibility index (Phi) is 7.08. The maximum Gasteiger partial charge on any atom is 0.0621 e. The zero-order valence-corrected chi connectivity index (χ0v) is 16.3. The van der Waals surface area contributed by atoms with Gasteiger partial charge in [-0.15, -0.1) is 11.6 Å². The Labute approximate surface area is 167 Å². The van der Waals surface area contributed by atoms with Gasteiger partial charge in [0.2, 0.25) is 0 Å². The lowest BCUT2D eigenvalue weighted by molar-refractivity contribution is 0.851. The molecule has 2 heteroatoms. The van der Waals surface area contributed by atoms with E-state index in [4.69, 9.17) is 16.9 Å². The molecule has 0 heterocycles. The van der Waals surface area contributed by atoms with Crippen molar-refractivity contribution in [2.45, 2.75) is 32.1 Å². The van der Waals surface area contributed by atoms with Gasteiger partial charge < -0.3 is 0 Å². The number of hydrogen-bond donors (Lipinski definition) is 0. The third-order valence-corrected chi connectivity index (χ3v) is 5.08. The second-order valence-corrected chi connectivity index (χ2v) is 7.15. The first-order valence-electron chi connectivity index (χ1n) is 9.52. The molecule has 0 aliphatic carbocycles. The molecule has 0 spiro atoms. The minimum Gasteiger partial charge on any atom is -0.198 e. The van der Waals surface area contributed by atoms with Crippen molar-refractivity contribution in [1.82, 2.24) is 0 Å². The number of halogens is 1. The van der Waals surface area contributed by atoms with Crippen LogP contribution in [0.2, 0.25) is 0 Å². The molecule has 0 aromatic heterocycles. The van der Waals surface area contributed by atoms with Gasteiger partial charge in [-0.05, 0) is 59.1 Å². The maximum absolute atomic E-state index is 8.63. The Morgan fingerprint density at radius 1 is 0.593 bits per heavy atom. The molecule has 0 bridgehead atoms. The molecule has 3 aromatic rings. The summed E-state index contributed by atoms with van der Waals surface area (Å²) in [6, 6.07) is 28.4. The molecular formula is C25H24ClN. The first kappa shape index (κ1) is 19.2. The van der Waals surface area contributed by atoms with E-state index in [-0.39, 0.29) is 0 Å². The van der Waals surface area contributed by atoms with E-state index in [9.17, 15) is 0 Å². The highest BCUT2D eigenvalue weighted by molar-refractivity contribution is 6.17. The molecular weight excluding hydrogens is 350 g/mol. The minimum atomic E-state index is 0.622. The van der Waals surface area contributed by atoms with E-state index >= 15 is 0 Å². The van der Waals surface area contributed by atoms with Gasteiger partial charge in [-0.1, -0.05) is 72.8 Å². The SMILES string of the molecule is N#CCCCc1ccc(-c2ccc(-c3ccc(CCCCl)cc3)cc2)cc1. The number of unbranched alkanes of at least 4 members (excludes halogenated alkanes) is 1. The number of nitriles is 1. The fourth-order valence-corrected chi connectivity index (χ4v) is 3.36. The first-order valence-corrected chi connectivity index (χ1v) is 10.1. The van der Waals surface area contributed by atoms with Crippen molar-refractivity contribution >= 4 is 11.6 Å². The van der Waals surface area contributed by atoms with Crippen LogP contribution in [0, 0.1) is 11.3 Å². The molecule has 1 nitrogen and oxygen atoms in total. The van der Waals surface area contributed by atoms with Gasteiger partial charge in [-0.3, -0.25) is 0 Å². The van der Waals surface area contributed by atoms with E-state index in [1.165, 1.54) is 33.4 Å². The van der Waals surface area contributed by atoms with E-state index in [1.807, 2.05) is 0 Å². The molecule has 0 saturated carbocycles. The lowest BCUT2D eigenvalue weighted by Gasteiger charge is -2.07. The van der Waals surface area contributed by atoms with Gasteiger partial charge in [0.1, 0.15) is 0 Å². The molecule has 136 valence electrons. The fraction of sp³-hybridized carbons (Fsp3) is 0.240. The third kappa shape index (κ3) is 5.46. The number of hydrogen-bond acceptors (Lipinski definition) is 1. The Morgan fingerprint density at radius 3 is 1.33 bits per heavy atom. The second kappa shape index (κ2) is 9.95. The summed E-state index contributed by atoms with van der Waals surface area (Å²) in [6.45, 7) is 0. The van der Waals surface area contributed by atoms with E-state index in [0.717, 1.165) is 25.7 Å². The monoisotopic (exact) mass is 373 g/mol. The Hall–Kier alpha value is -2.56. The molecule has 0 radical (unpaired) electrons. The minimum absolute atomic E-state index is 0.622. The predicted octanol–water partition coefficient (Wildman–Crippen LogP) is 7.04. The van der Waals surface area contributed by atoms with E-state index in [0.29, 0.717) is 12.3 Å². The summed E-state index contributed by atoms with van der Waals surface area (Å²) in [7, 11) is 0. The van der Waals surface area contributed by atoms with Crippen molar-refractivity contribution < 1.29 is 0 Å². The van der Waals surface area contributed by atoms with Crippen molar-refractivity contribution in [2.24, 2.45) is 0 Å². The molecule has 0 fully saturated rings. The van der Waals surface area contributed by atoms with Crippen LogP contribution in [0.1, 0.15) is 30.4 Å². The zero-order valence-electron chi connectivity index (χ0n) is 15.5. The molecule has 0 aliphatic rings. The van der Waals surface area contributed by atoms with Gasteiger partial charge in [-0.2, -0.15) is 5.26 Å². The van der Waals surface area contributed by atoms with Crippen LogP contribution in [-0.2, 0) is 12.8 Å². The van der Waals surface area contributed by atoms with Crippen LogP contribution >= 0.6 is 11.6 Å². The summed E-state index contributed by atoms with van der Waals surface area (Å²) >= 11 is 5.77. The Balaban J connectivity index is 1.67. The van der Waals surface area contributed by atoms with Crippen LogP contribution in [0.4, 0.5) is 0 Å². The molecule has 27 heavy (non-hydrogen) atoms. The van der Waals surface area contributed by atoms with Gasteiger partial charge in [0.25, 0.3) is 0 Å². The predicted molar refractivity (Wildman–Crippen MR) is 115 cm³/mol. The summed E-state index contributed by atoms with van der Waals surface area (Å²) in [4.78, 5) is 0. The van der Waals surface area contributed by atoms with Crippen molar-refractivity contribution in [2.75, 3.05) is 5.88 Å². The molecule has 0 unspecified atom stereocenters. The van der Waals surface area contributed by atoms with Gasteiger partial charge in [0, 0.05) is 12.3 Å². The lowest BCUT2D eigenvalue weighted by Crippen LogP contribution is -1.87. The van der Waals surface area contributed by atoms with Gasteiger partial charge >= 0.3 is 0 Å². The number of nitrogens with zero attached hydrogens (tertiary/aromatic N) is 1. The fourth-order valence-electron chi connectivity index (χ4n) is 3.23. The number of alkyl halides is 1. The number of benzene rings is 3. The molecule has 0 saturated heterocycles. The summed E-state index contributed by atoms with van der Waals surface area (Å²) in [5, 5.41) is 8.63. The topological polar surface area (TPSA) is 23.8 Å². The van der Waals surface area contributed by atoms with Crippen LogP contribution in [-0.4, -0.2) is 5.88 Å². The smallest absolute Gasteiger partial charge is 0.0621 e. The summed E-state index contributed by atoms with van der Waals surface area (Å²) in [6.07, 6.45) is 4.57. The Morgan fingerprint density at radius 2 is 0.963 bits per heavy atom. The van der Waals surface area contributed by atoms with Crippen molar-refractivity contribution in [3.8, 4) is 28.3 Å². The second-order valence-electron chi connectivity index (χ2n) is 6.78. The number of aryl methyl sites for hydroxylation is 2. The van der Waals surface area contributed by atoms with Crippen molar-refractivity contribution in [3.05, 3.63) is 83.9 Å². The molecule has 0 amide bonds. The average Bonchev–Trinajstić information content (AvgIpc) is 2.73. The third-order valence-electron chi connectivity index (χ3n) is 4.81. The maximum atomic E-state index is 8.63. The molecule has 3 aromatic carbocycles. The largest absolute Gasteiger partial charge is 0.198 e. The summed E-state index contributed by atoms with van der Waals surface area (Å²) < 4.78 is 0. The summed E-state index contributed by atoms with van der Waals surface area (Å²) in [5.41, 5.74) is 7.55. The van der Waals surface area contributed by atoms with Crippen molar-refractivity contribution in [1.29, 1.82) is 5.26 Å². The molecule has 0 atom stereocenters. The average molecular weight is 374 g/mol. The van der Waals surface area contributed by atoms with Crippen LogP contribution < -0.4 is 0 Å². The molecule has 0 N–H and O–H groups in total. The van der Waals surface area contributed by atoms with Crippen LogP contribution in [0.5, 0.6) is 0 Å². The van der Waals surface area contributed by atoms with E-state index < -0.39 is 0 Å².